The zero-order valence-corrected chi connectivity index (χ0v) is 11.4. The van der Waals surface area contributed by atoms with E-state index in [1.807, 2.05) is 13.8 Å². The lowest BCUT2D eigenvalue weighted by atomic mass is 10.1. The van der Waals surface area contributed by atoms with Crippen molar-refractivity contribution in [2.45, 2.75) is 19.8 Å². The van der Waals surface area contributed by atoms with Gasteiger partial charge in [0.15, 0.2) is 6.29 Å². The number of rotatable bonds is 3. The van der Waals surface area contributed by atoms with Crippen molar-refractivity contribution in [2.24, 2.45) is 0 Å². The monoisotopic (exact) mass is 283 g/mol. The van der Waals surface area contributed by atoms with E-state index < -0.39 is 0 Å². The first-order chi connectivity index (χ1) is 8.52. The number of aldehydes is 1. The molecule has 2 aromatic rings. The van der Waals surface area contributed by atoms with Crippen molar-refractivity contribution in [3.05, 3.63) is 39.6 Å². The normalized spacial score (nSPS) is 10.9. The summed E-state index contributed by atoms with van der Waals surface area (Å²) < 4.78 is 1.59. The summed E-state index contributed by atoms with van der Waals surface area (Å²) in [5, 5.41) is 8.85. The highest BCUT2D eigenvalue weighted by atomic mass is 35.5. The zero-order valence-electron chi connectivity index (χ0n) is 9.89. The molecule has 0 aliphatic carbocycles. The number of hydrogen-bond acceptors (Lipinski definition) is 3. The molecule has 0 aliphatic heterocycles. The van der Waals surface area contributed by atoms with E-state index in [9.17, 15) is 4.79 Å². The van der Waals surface area contributed by atoms with Gasteiger partial charge in [0.1, 0.15) is 5.69 Å². The van der Waals surface area contributed by atoms with Gasteiger partial charge in [0.25, 0.3) is 0 Å². The van der Waals surface area contributed by atoms with Crippen LogP contribution in [0, 0.1) is 0 Å². The minimum atomic E-state index is 0.109. The van der Waals surface area contributed by atoms with Crippen LogP contribution >= 0.6 is 23.2 Å². The molecule has 0 amide bonds. The average molecular weight is 284 g/mol. The van der Waals surface area contributed by atoms with Crippen LogP contribution in [0.25, 0.3) is 5.69 Å². The van der Waals surface area contributed by atoms with Gasteiger partial charge >= 0.3 is 0 Å². The third kappa shape index (κ3) is 2.40. The molecule has 2 rings (SSSR count). The summed E-state index contributed by atoms with van der Waals surface area (Å²) in [6, 6.07) is 5.09. The van der Waals surface area contributed by atoms with Crippen LogP contribution in [0.2, 0.25) is 10.0 Å². The Kier molecular flexibility index (Phi) is 3.68. The van der Waals surface area contributed by atoms with Crippen molar-refractivity contribution < 1.29 is 4.79 Å². The second-order valence-corrected chi connectivity index (χ2v) is 5.04. The van der Waals surface area contributed by atoms with Gasteiger partial charge in [-0.2, -0.15) is 0 Å². The first-order valence-corrected chi connectivity index (χ1v) is 6.15. The fourth-order valence-corrected chi connectivity index (χ4v) is 2.29. The van der Waals surface area contributed by atoms with E-state index in [-0.39, 0.29) is 5.92 Å². The van der Waals surface area contributed by atoms with Gasteiger partial charge in [-0.3, -0.25) is 4.79 Å². The van der Waals surface area contributed by atoms with Gasteiger partial charge in [-0.25, -0.2) is 4.68 Å². The molecule has 1 heterocycles. The largest absolute Gasteiger partial charge is 0.296 e. The van der Waals surface area contributed by atoms with Crippen LogP contribution in [-0.2, 0) is 0 Å². The number of benzene rings is 1. The lowest BCUT2D eigenvalue weighted by Gasteiger charge is -2.10. The first kappa shape index (κ1) is 13.1. The smallest absolute Gasteiger partial charge is 0.172 e. The summed E-state index contributed by atoms with van der Waals surface area (Å²) in [5.74, 6) is 0.109. The number of nitrogens with zero attached hydrogens (tertiary/aromatic N) is 3. The lowest BCUT2D eigenvalue weighted by molar-refractivity contribution is 0.111. The highest BCUT2D eigenvalue weighted by Gasteiger charge is 2.17. The van der Waals surface area contributed by atoms with Crippen molar-refractivity contribution in [2.75, 3.05) is 0 Å². The molecule has 1 aromatic carbocycles. The second kappa shape index (κ2) is 5.08. The summed E-state index contributed by atoms with van der Waals surface area (Å²) in [6.07, 6.45) is 0.699. The maximum absolute atomic E-state index is 10.9. The van der Waals surface area contributed by atoms with Gasteiger partial charge in [0.2, 0.25) is 0 Å². The highest BCUT2D eigenvalue weighted by molar-refractivity contribution is 6.34. The van der Waals surface area contributed by atoms with E-state index in [2.05, 4.69) is 10.3 Å². The number of carbonyl (C=O) groups is 1. The Labute approximate surface area is 115 Å². The molecule has 1 aromatic heterocycles. The van der Waals surface area contributed by atoms with Gasteiger partial charge in [-0.1, -0.05) is 42.3 Å². The van der Waals surface area contributed by atoms with Gasteiger partial charge in [-0.05, 0) is 24.1 Å². The van der Waals surface area contributed by atoms with Crippen molar-refractivity contribution in [3.63, 3.8) is 0 Å². The number of halogens is 2. The molecule has 0 N–H and O–H groups in total. The number of carbonyl (C=O) groups excluding carboxylic acids is 1. The second-order valence-electron chi connectivity index (χ2n) is 4.17. The standard InChI is InChI=1S/C12H11Cl2N3O/c1-7(2)12-11(6-18)15-16-17(12)10-4-8(13)3-9(14)5-10/h3-7H,1-2H3. The topological polar surface area (TPSA) is 47.8 Å². The Morgan fingerprint density at radius 1 is 1.22 bits per heavy atom. The van der Waals surface area contributed by atoms with E-state index in [1.54, 1.807) is 22.9 Å². The fourth-order valence-electron chi connectivity index (χ4n) is 1.78. The van der Waals surface area contributed by atoms with Crippen LogP contribution in [0.4, 0.5) is 0 Å². The number of hydrogen-bond donors (Lipinski definition) is 0. The molecule has 0 unspecified atom stereocenters. The minimum absolute atomic E-state index is 0.109. The van der Waals surface area contributed by atoms with Gasteiger partial charge < -0.3 is 0 Å². The first-order valence-electron chi connectivity index (χ1n) is 5.40. The van der Waals surface area contributed by atoms with Gasteiger partial charge in [-0.15, -0.1) is 5.10 Å². The van der Waals surface area contributed by atoms with Crippen LogP contribution in [0.15, 0.2) is 18.2 Å². The zero-order chi connectivity index (χ0) is 13.3. The van der Waals surface area contributed by atoms with Crippen LogP contribution in [0.3, 0.4) is 0 Å². The highest BCUT2D eigenvalue weighted by Crippen LogP contribution is 2.25. The van der Waals surface area contributed by atoms with Crippen LogP contribution in [-0.4, -0.2) is 21.3 Å². The maximum Gasteiger partial charge on any atom is 0.172 e. The summed E-state index contributed by atoms with van der Waals surface area (Å²) in [6.45, 7) is 3.93. The molecule has 0 saturated carbocycles. The third-order valence-electron chi connectivity index (χ3n) is 2.48. The van der Waals surface area contributed by atoms with Crippen molar-refractivity contribution in [1.82, 2.24) is 15.0 Å². The van der Waals surface area contributed by atoms with Crippen molar-refractivity contribution in [1.29, 1.82) is 0 Å². The van der Waals surface area contributed by atoms with E-state index in [4.69, 9.17) is 23.2 Å². The fraction of sp³-hybridized carbons (Fsp3) is 0.250. The van der Waals surface area contributed by atoms with E-state index >= 15 is 0 Å². The molecule has 0 aliphatic rings. The Hall–Kier alpha value is -1.39. The molecule has 0 radical (unpaired) electrons. The molecular formula is C12H11Cl2N3O. The van der Waals surface area contributed by atoms with Crippen LogP contribution < -0.4 is 0 Å². The summed E-state index contributed by atoms with van der Waals surface area (Å²) in [7, 11) is 0. The Bertz CT molecular complexity index is 573. The SMILES string of the molecule is CC(C)c1c(C=O)nnn1-c1cc(Cl)cc(Cl)c1. The minimum Gasteiger partial charge on any atom is -0.296 e. The molecule has 0 atom stereocenters. The van der Waals surface area contributed by atoms with E-state index in [0.717, 1.165) is 5.69 Å². The third-order valence-corrected chi connectivity index (χ3v) is 2.92. The lowest BCUT2D eigenvalue weighted by Crippen LogP contribution is -2.05. The van der Waals surface area contributed by atoms with Crippen LogP contribution in [0.5, 0.6) is 0 Å². The van der Waals surface area contributed by atoms with Gasteiger partial charge in [0.05, 0.1) is 11.4 Å². The molecule has 4 nitrogen and oxygen atoms in total. The molecule has 0 bridgehead atoms. The quantitative estimate of drug-likeness (QED) is 0.810. The maximum atomic E-state index is 10.9. The van der Waals surface area contributed by atoms with Crippen molar-refractivity contribution in [3.8, 4) is 5.69 Å². The number of aromatic nitrogens is 3. The molecule has 94 valence electrons. The van der Waals surface area contributed by atoms with Crippen LogP contribution in [0.1, 0.15) is 35.9 Å². The van der Waals surface area contributed by atoms with E-state index in [0.29, 0.717) is 27.7 Å². The molecule has 0 saturated heterocycles. The summed E-state index contributed by atoms with van der Waals surface area (Å²) in [4.78, 5) is 10.9. The molecule has 18 heavy (non-hydrogen) atoms. The Balaban J connectivity index is 2.63. The molecule has 0 fully saturated rings. The van der Waals surface area contributed by atoms with Gasteiger partial charge in [0, 0.05) is 10.0 Å². The molecular weight excluding hydrogens is 273 g/mol. The summed E-state index contributed by atoms with van der Waals surface area (Å²) >= 11 is 11.9. The van der Waals surface area contributed by atoms with E-state index in [1.165, 1.54) is 0 Å². The average Bonchev–Trinajstić information content (AvgIpc) is 2.71. The van der Waals surface area contributed by atoms with Crippen molar-refractivity contribution >= 4 is 29.5 Å². The summed E-state index contributed by atoms with van der Waals surface area (Å²) in [5.41, 5.74) is 1.77. The Morgan fingerprint density at radius 3 is 2.33 bits per heavy atom. The predicted molar refractivity (Wildman–Crippen MR) is 70.9 cm³/mol. The predicted octanol–water partition coefficient (Wildman–Crippen LogP) is 3.51. The molecule has 0 spiro atoms. The molecule has 6 heteroatoms. The Morgan fingerprint density at radius 2 is 1.83 bits per heavy atom.